The number of carbonyl (C=O) groups excluding carboxylic acids is 2. The zero-order valence-corrected chi connectivity index (χ0v) is 14.3. The van der Waals surface area contributed by atoms with Gasteiger partial charge >= 0.3 is 5.97 Å². The molecule has 1 aromatic rings. The fraction of sp³-hybridized carbons (Fsp3) is 0.588. The maximum atomic E-state index is 12.6. The number of hydrogen-bond donors (Lipinski definition) is 0. The number of amides is 1. The van der Waals surface area contributed by atoms with Gasteiger partial charge in [-0.15, -0.1) is 0 Å². The molecule has 0 bridgehead atoms. The summed E-state index contributed by atoms with van der Waals surface area (Å²) in [6.45, 7) is 9.90. The SMILES string of the molecule is CCOC(=O)CCN(CCN(CC)CC)C(=O)c1cccnc1. The second-order valence-corrected chi connectivity index (χ2v) is 5.12. The average molecular weight is 321 g/mol. The van der Waals surface area contributed by atoms with Crippen molar-refractivity contribution in [3.8, 4) is 0 Å². The molecule has 1 heterocycles. The Kier molecular flexibility index (Phi) is 8.90. The van der Waals surface area contributed by atoms with E-state index in [1.807, 2.05) is 0 Å². The minimum absolute atomic E-state index is 0.102. The number of aromatic nitrogens is 1. The summed E-state index contributed by atoms with van der Waals surface area (Å²) in [7, 11) is 0. The second-order valence-electron chi connectivity index (χ2n) is 5.12. The first kappa shape index (κ1) is 19.1. The minimum Gasteiger partial charge on any atom is -0.466 e. The van der Waals surface area contributed by atoms with Crippen LogP contribution in [-0.2, 0) is 9.53 Å². The fourth-order valence-corrected chi connectivity index (χ4v) is 2.25. The average Bonchev–Trinajstić information content (AvgIpc) is 2.58. The van der Waals surface area contributed by atoms with Crippen molar-refractivity contribution in [2.75, 3.05) is 39.3 Å². The highest BCUT2D eigenvalue weighted by atomic mass is 16.5. The molecule has 0 N–H and O–H groups in total. The van der Waals surface area contributed by atoms with Crippen LogP contribution < -0.4 is 0 Å². The lowest BCUT2D eigenvalue weighted by molar-refractivity contribution is -0.143. The standard InChI is InChI=1S/C17H27N3O3/c1-4-19(5-2)12-13-20(11-9-16(21)23-6-3)17(22)15-8-7-10-18-14-15/h7-8,10,14H,4-6,9,11-13H2,1-3H3. The van der Waals surface area contributed by atoms with Crippen molar-refractivity contribution in [3.05, 3.63) is 30.1 Å². The predicted molar refractivity (Wildman–Crippen MR) is 89.2 cm³/mol. The lowest BCUT2D eigenvalue weighted by Crippen LogP contribution is -2.40. The fourth-order valence-electron chi connectivity index (χ4n) is 2.25. The van der Waals surface area contributed by atoms with Gasteiger partial charge in [0.1, 0.15) is 0 Å². The van der Waals surface area contributed by atoms with Crippen LogP contribution in [0.25, 0.3) is 0 Å². The molecule has 0 aliphatic heterocycles. The van der Waals surface area contributed by atoms with Crippen molar-refractivity contribution in [2.24, 2.45) is 0 Å². The first-order valence-electron chi connectivity index (χ1n) is 8.19. The Hall–Kier alpha value is -1.95. The third kappa shape index (κ3) is 6.78. The van der Waals surface area contributed by atoms with Gasteiger partial charge < -0.3 is 14.5 Å². The third-order valence-electron chi connectivity index (χ3n) is 3.67. The topological polar surface area (TPSA) is 62.7 Å². The number of rotatable bonds is 10. The van der Waals surface area contributed by atoms with Crippen LogP contribution in [-0.4, -0.2) is 66.0 Å². The number of nitrogens with zero attached hydrogens (tertiary/aromatic N) is 3. The summed E-state index contributed by atoms with van der Waals surface area (Å²) >= 11 is 0. The van der Waals surface area contributed by atoms with Gasteiger partial charge in [0.25, 0.3) is 5.91 Å². The highest BCUT2D eigenvalue weighted by Gasteiger charge is 2.18. The Morgan fingerprint density at radius 3 is 2.43 bits per heavy atom. The molecule has 0 aromatic carbocycles. The Morgan fingerprint density at radius 1 is 1.13 bits per heavy atom. The van der Waals surface area contributed by atoms with E-state index in [2.05, 4.69) is 23.7 Å². The van der Waals surface area contributed by atoms with E-state index in [1.165, 1.54) is 0 Å². The highest BCUT2D eigenvalue weighted by molar-refractivity contribution is 5.94. The van der Waals surface area contributed by atoms with Gasteiger partial charge in [-0.25, -0.2) is 0 Å². The molecule has 0 saturated carbocycles. The van der Waals surface area contributed by atoms with E-state index in [1.54, 1.807) is 36.4 Å². The highest BCUT2D eigenvalue weighted by Crippen LogP contribution is 2.05. The number of pyridine rings is 1. The first-order valence-corrected chi connectivity index (χ1v) is 8.19. The van der Waals surface area contributed by atoms with Gasteiger partial charge in [0.15, 0.2) is 0 Å². The summed E-state index contributed by atoms with van der Waals surface area (Å²) in [6, 6.07) is 3.48. The third-order valence-corrected chi connectivity index (χ3v) is 3.67. The van der Waals surface area contributed by atoms with E-state index >= 15 is 0 Å². The van der Waals surface area contributed by atoms with Crippen LogP contribution in [0.2, 0.25) is 0 Å². The monoisotopic (exact) mass is 321 g/mol. The van der Waals surface area contributed by atoms with Gasteiger partial charge in [0.2, 0.25) is 0 Å². The molecule has 1 rings (SSSR count). The molecular formula is C17H27N3O3. The van der Waals surface area contributed by atoms with Crippen molar-refractivity contribution in [3.63, 3.8) is 0 Å². The molecule has 0 fully saturated rings. The summed E-state index contributed by atoms with van der Waals surface area (Å²) in [6.07, 6.45) is 3.39. The smallest absolute Gasteiger partial charge is 0.307 e. The number of carbonyl (C=O) groups is 2. The summed E-state index contributed by atoms with van der Waals surface area (Å²) in [5.74, 6) is -0.381. The van der Waals surface area contributed by atoms with Gasteiger partial charge in [-0.2, -0.15) is 0 Å². The van der Waals surface area contributed by atoms with Gasteiger partial charge in [-0.05, 0) is 32.1 Å². The maximum Gasteiger partial charge on any atom is 0.307 e. The number of hydrogen-bond acceptors (Lipinski definition) is 5. The summed E-state index contributed by atoms with van der Waals surface area (Å²) < 4.78 is 4.95. The Bertz CT molecular complexity index is 475. The van der Waals surface area contributed by atoms with E-state index in [0.717, 1.165) is 19.6 Å². The van der Waals surface area contributed by atoms with Gasteiger partial charge in [-0.1, -0.05) is 13.8 Å². The molecule has 0 radical (unpaired) electrons. The molecule has 0 saturated heterocycles. The van der Waals surface area contributed by atoms with Crippen molar-refractivity contribution >= 4 is 11.9 Å². The van der Waals surface area contributed by atoms with Crippen molar-refractivity contribution in [1.29, 1.82) is 0 Å². The zero-order valence-electron chi connectivity index (χ0n) is 14.3. The van der Waals surface area contributed by atoms with E-state index in [0.29, 0.717) is 25.3 Å². The van der Waals surface area contributed by atoms with Crippen LogP contribution in [0, 0.1) is 0 Å². The van der Waals surface area contributed by atoms with Crippen LogP contribution in [0.1, 0.15) is 37.6 Å². The normalized spacial score (nSPS) is 10.6. The largest absolute Gasteiger partial charge is 0.466 e. The molecule has 0 spiro atoms. The van der Waals surface area contributed by atoms with E-state index in [4.69, 9.17) is 4.74 Å². The lowest BCUT2D eigenvalue weighted by atomic mass is 10.2. The molecule has 6 nitrogen and oxygen atoms in total. The minimum atomic E-state index is -0.278. The Morgan fingerprint density at radius 2 is 1.87 bits per heavy atom. The summed E-state index contributed by atoms with van der Waals surface area (Å²) in [5, 5.41) is 0. The molecule has 0 aliphatic rings. The lowest BCUT2D eigenvalue weighted by Gasteiger charge is -2.26. The Balaban J connectivity index is 2.70. The maximum absolute atomic E-state index is 12.6. The molecule has 128 valence electrons. The van der Waals surface area contributed by atoms with Crippen LogP contribution in [0.4, 0.5) is 0 Å². The van der Waals surface area contributed by atoms with Crippen LogP contribution >= 0.6 is 0 Å². The number of ether oxygens (including phenoxy) is 1. The number of esters is 1. The molecule has 0 aliphatic carbocycles. The first-order chi connectivity index (χ1) is 11.1. The second kappa shape index (κ2) is 10.7. The van der Waals surface area contributed by atoms with Crippen LogP contribution in [0.3, 0.4) is 0 Å². The Labute approximate surface area is 138 Å². The molecule has 1 aromatic heterocycles. The van der Waals surface area contributed by atoms with Gasteiger partial charge in [0, 0.05) is 32.0 Å². The van der Waals surface area contributed by atoms with Crippen LogP contribution in [0.5, 0.6) is 0 Å². The molecule has 23 heavy (non-hydrogen) atoms. The summed E-state index contributed by atoms with van der Waals surface area (Å²) in [4.78, 5) is 32.1. The number of likely N-dealkylation sites (N-methyl/N-ethyl adjacent to an activating group) is 1. The van der Waals surface area contributed by atoms with E-state index < -0.39 is 0 Å². The van der Waals surface area contributed by atoms with Crippen molar-refractivity contribution in [1.82, 2.24) is 14.8 Å². The molecule has 6 heteroatoms. The van der Waals surface area contributed by atoms with E-state index in [9.17, 15) is 9.59 Å². The molecule has 0 atom stereocenters. The quantitative estimate of drug-likeness (QED) is 0.615. The molecule has 0 unspecified atom stereocenters. The van der Waals surface area contributed by atoms with Gasteiger partial charge in [-0.3, -0.25) is 14.6 Å². The molecular weight excluding hydrogens is 294 g/mol. The molecule has 1 amide bonds. The summed E-state index contributed by atoms with van der Waals surface area (Å²) in [5.41, 5.74) is 0.538. The van der Waals surface area contributed by atoms with Crippen molar-refractivity contribution in [2.45, 2.75) is 27.2 Å². The van der Waals surface area contributed by atoms with Crippen molar-refractivity contribution < 1.29 is 14.3 Å². The zero-order chi connectivity index (χ0) is 17.1. The van der Waals surface area contributed by atoms with Crippen LogP contribution in [0.15, 0.2) is 24.5 Å². The van der Waals surface area contributed by atoms with E-state index in [-0.39, 0.29) is 18.3 Å². The van der Waals surface area contributed by atoms with Gasteiger partial charge in [0.05, 0.1) is 18.6 Å². The predicted octanol–water partition coefficient (Wildman–Crippen LogP) is 1.82.